The van der Waals surface area contributed by atoms with E-state index in [2.05, 4.69) is 12.2 Å². The van der Waals surface area contributed by atoms with Crippen LogP contribution in [0.2, 0.25) is 0 Å². The van der Waals surface area contributed by atoms with Crippen molar-refractivity contribution in [2.24, 2.45) is 0 Å². The number of hydrogen-bond acceptors (Lipinski definition) is 3. The van der Waals surface area contributed by atoms with Gasteiger partial charge >= 0.3 is 10.2 Å². The Balaban J connectivity index is 2.31. The zero-order chi connectivity index (χ0) is 14.6. The summed E-state index contributed by atoms with van der Waals surface area (Å²) >= 11 is 0. The molecule has 0 amide bonds. The van der Waals surface area contributed by atoms with Crippen LogP contribution in [-0.4, -0.2) is 39.4 Å². The average molecular weight is 297 g/mol. The maximum atomic E-state index is 12.7. The molecule has 1 N–H and O–H groups in total. The van der Waals surface area contributed by atoms with Gasteiger partial charge in [0.1, 0.15) is 0 Å². The van der Waals surface area contributed by atoms with Crippen molar-refractivity contribution in [3.05, 3.63) is 29.8 Å². The smallest absolute Gasteiger partial charge is 0.303 e. The number of nitrogens with one attached hydrogen (secondary N) is 1. The highest BCUT2D eigenvalue weighted by Crippen LogP contribution is 2.25. The monoisotopic (exact) mass is 297 g/mol. The molecule has 0 atom stereocenters. The van der Waals surface area contributed by atoms with Crippen LogP contribution in [0.3, 0.4) is 0 Å². The number of benzene rings is 1. The minimum Gasteiger partial charge on any atom is -0.311 e. The number of anilines is 1. The predicted octanol–water partition coefficient (Wildman–Crippen LogP) is 1.57. The minimum absolute atomic E-state index is 0.468. The maximum Gasteiger partial charge on any atom is 0.303 e. The molecule has 2 rings (SSSR count). The van der Waals surface area contributed by atoms with E-state index in [1.807, 2.05) is 24.3 Å². The fourth-order valence-electron chi connectivity index (χ4n) is 2.33. The lowest BCUT2D eigenvalue weighted by Gasteiger charge is -2.29. The van der Waals surface area contributed by atoms with Crippen molar-refractivity contribution in [1.29, 1.82) is 0 Å². The summed E-state index contributed by atoms with van der Waals surface area (Å²) in [6.07, 6.45) is 1.86. The van der Waals surface area contributed by atoms with Gasteiger partial charge in [0.25, 0.3) is 0 Å². The molecule has 0 radical (unpaired) electrons. The summed E-state index contributed by atoms with van der Waals surface area (Å²) in [5.41, 5.74) is 1.82. The highest BCUT2D eigenvalue weighted by atomic mass is 32.2. The molecule has 0 aromatic heterocycles. The molecule has 0 unspecified atom stereocenters. The summed E-state index contributed by atoms with van der Waals surface area (Å²) in [5.74, 6) is 0. The molecule has 1 aromatic carbocycles. The molecule has 0 saturated heterocycles. The van der Waals surface area contributed by atoms with Crippen LogP contribution in [0.15, 0.2) is 24.3 Å². The van der Waals surface area contributed by atoms with E-state index in [-0.39, 0.29) is 0 Å². The van der Waals surface area contributed by atoms with Crippen molar-refractivity contribution < 1.29 is 8.42 Å². The summed E-state index contributed by atoms with van der Waals surface area (Å²) in [4.78, 5) is 0. The summed E-state index contributed by atoms with van der Waals surface area (Å²) in [7, 11) is -1.79. The van der Waals surface area contributed by atoms with Crippen LogP contribution in [0.4, 0.5) is 5.69 Å². The van der Waals surface area contributed by atoms with Crippen LogP contribution in [0.1, 0.15) is 25.3 Å². The van der Waals surface area contributed by atoms with Crippen LogP contribution < -0.4 is 9.62 Å². The van der Waals surface area contributed by atoms with Crippen molar-refractivity contribution in [2.45, 2.75) is 26.3 Å². The van der Waals surface area contributed by atoms with E-state index in [4.69, 9.17) is 0 Å². The van der Waals surface area contributed by atoms with Crippen molar-refractivity contribution >= 4 is 15.9 Å². The van der Waals surface area contributed by atoms with Crippen LogP contribution >= 0.6 is 0 Å². The number of fused-ring (bicyclic) bond motifs is 1. The molecule has 0 spiro atoms. The van der Waals surface area contributed by atoms with Crippen molar-refractivity contribution in [2.75, 3.05) is 31.0 Å². The van der Waals surface area contributed by atoms with Gasteiger partial charge in [0.05, 0.1) is 5.69 Å². The Morgan fingerprint density at radius 3 is 2.85 bits per heavy atom. The van der Waals surface area contributed by atoms with E-state index in [9.17, 15) is 8.42 Å². The summed E-state index contributed by atoms with van der Waals surface area (Å²) < 4.78 is 28.4. The lowest BCUT2D eigenvalue weighted by molar-refractivity contribution is 0.456. The third-order valence-electron chi connectivity index (χ3n) is 3.57. The number of nitrogens with zero attached hydrogens (tertiary/aromatic N) is 2. The van der Waals surface area contributed by atoms with E-state index >= 15 is 0 Å². The standard InChI is InChI=1S/C14H23N3O2S/c1-3-4-10-16(2)20(18,19)17-11-9-15-12-13-7-5-6-8-14(13)17/h5-8,15H,3-4,9-12H2,1-2H3. The first-order valence-corrected chi connectivity index (χ1v) is 8.49. The van der Waals surface area contributed by atoms with E-state index in [0.717, 1.165) is 24.1 Å². The largest absolute Gasteiger partial charge is 0.311 e. The van der Waals surface area contributed by atoms with Gasteiger partial charge < -0.3 is 5.32 Å². The van der Waals surface area contributed by atoms with E-state index in [1.54, 1.807) is 7.05 Å². The van der Waals surface area contributed by atoms with Gasteiger partial charge in [-0.2, -0.15) is 12.7 Å². The fraction of sp³-hybridized carbons (Fsp3) is 0.571. The summed E-state index contributed by atoms with van der Waals surface area (Å²) in [6, 6.07) is 7.69. The SMILES string of the molecule is CCCCN(C)S(=O)(=O)N1CCNCc2ccccc21. The normalized spacial score (nSPS) is 16.1. The molecule has 6 heteroatoms. The average Bonchev–Trinajstić information content (AvgIpc) is 2.67. The van der Waals surface area contributed by atoms with E-state index in [0.29, 0.717) is 26.2 Å². The van der Waals surface area contributed by atoms with Gasteiger partial charge in [-0.25, -0.2) is 0 Å². The number of rotatable bonds is 5. The summed E-state index contributed by atoms with van der Waals surface area (Å²) in [5, 5.41) is 3.26. The lowest BCUT2D eigenvalue weighted by atomic mass is 10.2. The maximum absolute atomic E-state index is 12.7. The van der Waals surface area contributed by atoms with E-state index < -0.39 is 10.2 Å². The zero-order valence-electron chi connectivity index (χ0n) is 12.2. The Kier molecular flexibility index (Phi) is 5.01. The molecule has 0 fully saturated rings. The first-order chi connectivity index (χ1) is 9.57. The minimum atomic E-state index is -3.44. The molecule has 0 aliphatic carbocycles. The van der Waals surface area contributed by atoms with Gasteiger partial charge in [0, 0.05) is 33.2 Å². The molecule has 1 aliphatic rings. The third-order valence-corrected chi connectivity index (χ3v) is 5.47. The molecule has 20 heavy (non-hydrogen) atoms. The molecule has 1 heterocycles. The molecule has 0 bridgehead atoms. The first kappa shape index (κ1) is 15.3. The van der Waals surface area contributed by atoms with Gasteiger partial charge in [0.15, 0.2) is 0 Å². The van der Waals surface area contributed by atoms with Crippen molar-refractivity contribution in [3.8, 4) is 0 Å². The zero-order valence-corrected chi connectivity index (χ0v) is 13.0. The fourth-order valence-corrected chi connectivity index (χ4v) is 3.78. The predicted molar refractivity (Wildman–Crippen MR) is 82.0 cm³/mol. The Labute approximate surface area is 121 Å². The number of unbranched alkanes of at least 4 members (excludes halogenated alkanes) is 1. The van der Waals surface area contributed by atoms with E-state index in [1.165, 1.54) is 8.61 Å². The molecule has 112 valence electrons. The second kappa shape index (κ2) is 6.56. The van der Waals surface area contributed by atoms with Crippen LogP contribution in [0.25, 0.3) is 0 Å². The van der Waals surface area contributed by atoms with Gasteiger partial charge in [-0.3, -0.25) is 4.31 Å². The number of hydrogen-bond donors (Lipinski definition) is 1. The number of para-hydroxylation sites is 1. The van der Waals surface area contributed by atoms with Gasteiger partial charge in [-0.15, -0.1) is 0 Å². The molecule has 1 aliphatic heterocycles. The highest BCUT2D eigenvalue weighted by Gasteiger charge is 2.29. The van der Waals surface area contributed by atoms with Gasteiger partial charge in [-0.05, 0) is 18.1 Å². The molecule has 1 aromatic rings. The Bertz CT molecular complexity index is 545. The van der Waals surface area contributed by atoms with Crippen LogP contribution in [0.5, 0.6) is 0 Å². The van der Waals surface area contributed by atoms with Gasteiger partial charge in [-0.1, -0.05) is 31.5 Å². The third kappa shape index (κ3) is 3.13. The highest BCUT2D eigenvalue weighted by molar-refractivity contribution is 7.90. The Hall–Kier alpha value is -1.11. The van der Waals surface area contributed by atoms with Gasteiger partial charge in [0.2, 0.25) is 0 Å². The topological polar surface area (TPSA) is 52.7 Å². The quantitative estimate of drug-likeness (QED) is 0.897. The second-order valence-electron chi connectivity index (χ2n) is 5.06. The Morgan fingerprint density at radius 1 is 1.35 bits per heavy atom. The summed E-state index contributed by atoms with van der Waals surface area (Å²) in [6.45, 7) is 4.46. The van der Waals surface area contributed by atoms with Crippen LogP contribution in [-0.2, 0) is 16.8 Å². The van der Waals surface area contributed by atoms with Crippen molar-refractivity contribution in [3.63, 3.8) is 0 Å². The first-order valence-electron chi connectivity index (χ1n) is 7.10. The van der Waals surface area contributed by atoms with Crippen molar-refractivity contribution in [1.82, 2.24) is 9.62 Å². The second-order valence-corrected chi connectivity index (χ2v) is 7.02. The molecular formula is C14H23N3O2S. The molecule has 5 nitrogen and oxygen atoms in total. The molecule has 0 saturated carbocycles. The lowest BCUT2D eigenvalue weighted by Crippen LogP contribution is -2.44. The van der Waals surface area contributed by atoms with Crippen LogP contribution in [0, 0.1) is 0 Å². The molecular weight excluding hydrogens is 274 g/mol. The Morgan fingerprint density at radius 2 is 2.10 bits per heavy atom.